The van der Waals surface area contributed by atoms with Gasteiger partial charge in [0.05, 0.1) is 29.2 Å². The molecule has 0 saturated carbocycles. The molecule has 1 fully saturated rings. The minimum atomic E-state index is -3.00. The van der Waals surface area contributed by atoms with Crippen molar-refractivity contribution >= 4 is 33.1 Å². The van der Waals surface area contributed by atoms with Crippen LogP contribution in [0.4, 0.5) is 8.78 Å². The van der Waals surface area contributed by atoms with Crippen LogP contribution < -0.4 is 0 Å². The molecular weight excluding hydrogens is 344 g/mol. The largest absolute Gasteiger partial charge is 0.321 e. The summed E-state index contributed by atoms with van der Waals surface area (Å²) in [6.45, 7) is -2.44. The van der Waals surface area contributed by atoms with E-state index in [9.17, 15) is 17.2 Å². The average Bonchev–Trinajstić information content (AvgIpc) is 2.97. The molecule has 0 radical (unpaired) electrons. The number of sulfone groups is 1. The first-order chi connectivity index (χ1) is 10.8. The lowest BCUT2D eigenvalue weighted by Crippen LogP contribution is -2.34. The molecule has 1 unspecified atom stereocenters. The van der Waals surface area contributed by atoms with Gasteiger partial charge in [-0.15, -0.1) is 0 Å². The van der Waals surface area contributed by atoms with E-state index in [1.807, 2.05) is 4.90 Å². The fourth-order valence-electron chi connectivity index (χ4n) is 3.02. The number of alkyl halides is 2. The van der Waals surface area contributed by atoms with Crippen LogP contribution in [-0.4, -0.2) is 47.0 Å². The molecule has 0 aliphatic carbocycles. The van der Waals surface area contributed by atoms with Gasteiger partial charge in [0.15, 0.2) is 14.6 Å². The van der Waals surface area contributed by atoms with Crippen LogP contribution in [0.25, 0.3) is 11.0 Å². The topological polar surface area (TPSA) is 47.2 Å². The molecule has 1 aliphatic heterocycles. The molecule has 126 valence electrons. The van der Waals surface area contributed by atoms with Crippen molar-refractivity contribution in [3.05, 3.63) is 29.0 Å². The molecule has 0 N–H and O–H groups in total. The molecule has 5 nitrogen and oxygen atoms in total. The van der Waals surface area contributed by atoms with E-state index in [1.165, 1.54) is 0 Å². The molecule has 2 heterocycles. The lowest BCUT2D eigenvalue weighted by atomic mass is 10.2. The summed E-state index contributed by atoms with van der Waals surface area (Å²) in [5.74, 6) is 0.274. The molecule has 1 aromatic carbocycles. The molecule has 23 heavy (non-hydrogen) atoms. The van der Waals surface area contributed by atoms with E-state index in [0.29, 0.717) is 17.5 Å². The minimum absolute atomic E-state index is 0.0360. The third-order valence-electron chi connectivity index (χ3n) is 4.26. The molecule has 2 aromatic rings. The highest BCUT2D eigenvalue weighted by Crippen LogP contribution is 2.25. The van der Waals surface area contributed by atoms with Crippen molar-refractivity contribution in [1.29, 1.82) is 0 Å². The van der Waals surface area contributed by atoms with Crippen molar-refractivity contribution in [1.82, 2.24) is 14.0 Å². The number of aromatic nitrogens is 2. The van der Waals surface area contributed by atoms with E-state index in [2.05, 4.69) is 0 Å². The smallest absolute Gasteiger partial charge is 0.303 e. The molecule has 0 spiro atoms. The van der Waals surface area contributed by atoms with E-state index >= 15 is 0 Å². The van der Waals surface area contributed by atoms with Crippen LogP contribution in [0.2, 0.25) is 0 Å². The average molecular weight is 361 g/mol. The number of halogens is 2. The predicted molar refractivity (Wildman–Crippen MR) is 86.8 cm³/mol. The third kappa shape index (κ3) is 3.05. The first kappa shape index (κ1) is 16.5. The van der Waals surface area contributed by atoms with Crippen molar-refractivity contribution in [3.8, 4) is 0 Å². The Hall–Kier alpha value is -1.32. The highest BCUT2D eigenvalue weighted by atomic mass is 32.2. The first-order valence-corrected chi connectivity index (χ1v) is 9.42. The minimum Gasteiger partial charge on any atom is -0.303 e. The number of para-hydroxylation sites is 2. The zero-order valence-electron chi connectivity index (χ0n) is 12.5. The van der Waals surface area contributed by atoms with Gasteiger partial charge in [0, 0.05) is 6.04 Å². The second kappa shape index (κ2) is 5.95. The van der Waals surface area contributed by atoms with Gasteiger partial charge in [0.2, 0.25) is 0 Å². The summed E-state index contributed by atoms with van der Waals surface area (Å²) in [5.41, 5.74) is 0.991. The van der Waals surface area contributed by atoms with E-state index in [4.69, 9.17) is 12.2 Å². The van der Waals surface area contributed by atoms with E-state index in [-0.39, 0.29) is 29.0 Å². The van der Waals surface area contributed by atoms with Crippen LogP contribution in [0.1, 0.15) is 13.0 Å². The summed E-state index contributed by atoms with van der Waals surface area (Å²) >= 11 is 5.21. The summed E-state index contributed by atoms with van der Waals surface area (Å²) in [5, 5.41) is 0. The molecule has 9 heteroatoms. The van der Waals surface area contributed by atoms with E-state index in [1.54, 1.807) is 35.9 Å². The summed E-state index contributed by atoms with van der Waals surface area (Å²) in [4.78, 5) is 1.86. The molecule has 3 rings (SSSR count). The van der Waals surface area contributed by atoms with Gasteiger partial charge in [0.1, 0.15) is 0 Å². The van der Waals surface area contributed by atoms with E-state index in [0.717, 1.165) is 4.57 Å². The second-order valence-corrected chi connectivity index (χ2v) is 8.40. The van der Waals surface area contributed by atoms with Crippen LogP contribution in [0, 0.1) is 4.77 Å². The van der Waals surface area contributed by atoms with Crippen LogP contribution in [0.3, 0.4) is 0 Å². The zero-order valence-corrected chi connectivity index (χ0v) is 14.2. The molecule has 1 aromatic heterocycles. The summed E-state index contributed by atoms with van der Waals surface area (Å²) in [6, 6.07) is 6.68. The molecule has 1 saturated heterocycles. The highest BCUT2D eigenvalue weighted by Gasteiger charge is 2.31. The maximum Gasteiger partial charge on any atom is 0.321 e. The lowest BCUT2D eigenvalue weighted by molar-refractivity contribution is 0.0715. The summed E-state index contributed by atoms with van der Waals surface area (Å²) in [6.07, 6.45) is 0.555. The fourth-order valence-corrected chi connectivity index (χ4v) is 5.16. The van der Waals surface area contributed by atoms with Gasteiger partial charge in [0.25, 0.3) is 0 Å². The van der Waals surface area contributed by atoms with Gasteiger partial charge < -0.3 is 4.57 Å². The SMILES string of the molecule is CN(Cn1c(=S)n(C(F)F)c2ccccc21)C1CCS(=O)(=O)C1. The predicted octanol–water partition coefficient (Wildman–Crippen LogP) is 2.64. The number of hydrogen-bond acceptors (Lipinski definition) is 4. The number of hydrogen-bond donors (Lipinski definition) is 0. The Kier molecular flexibility index (Phi) is 4.28. The molecular formula is C14H17F2N3O2S2. The van der Waals surface area contributed by atoms with Gasteiger partial charge in [-0.25, -0.2) is 8.42 Å². The molecule has 1 aliphatic rings. The Morgan fingerprint density at radius 1 is 1.35 bits per heavy atom. The van der Waals surface area contributed by atoms with Crippen LogP contribution in [0.15, 0.2) is 24.3 Å². The van der Waals surface area contributed by atoms with E-state index < -0.39 is 16.4 Å². The zero-order chi connectivity index (χ0) is 16.8. The molecule has 1 atom stereocenters. The third-order valence-corrected chi connectivity index (χ3v) is 6.43. The Balaban J connectivity index is 1.97. The number of imidazole rings is 1. The summed E-state index contributed by atoms with van der Waals surface area (Å²) in [7, 11) is -1.20. The van der Waals surface area contributed by atoms with Gasteiger partial charge >= 0.3 is 6.55 Å². The Bertz CT molecular complexity index is 889. The van der Waals surface area contributed by atoms with Crippen LogP contribution in [-0.2, 0) is 16.5 Å². The monoisotopic (exact) mass is 361 g/mol. The summed E-state index contributed by atoms with van der Waals surface area (Å²) < 4.78 is 52.3. The van der Waals surface area contributed by atoms with Gasteiger partial charge in [-0.2, -0.15) is 8.78 Å². The standard InChI is InChI=1S/C14H17F2N3O2S2/c1-17(10-6-7-23(20,21)8-10)9-18-11-4-2-3-5-12(11)19(13(15)16)14(18)22/h2-5,10,13H,6-9H2,1H3. The quantitative estimate of drug-likeness (QED) is 0.786. The van der Waals surface area contributed by atoms with Gasteiger partial charge in [-0.1, -0.05) is 12.1 Å². The molecule has 0 bridgehead atoms. The Morgan fingerprint density at radius 3 is 2.57 bits per heavy atom. The van der Waals surface area contributed by atoms with Crippen molar-refractivity contribution in [2.45, 2.75) is 25.7 Å². The number of benzene rings is 1. The molecule has 0 amide bonds. The Morgan fingerprint density at radius 2 is 2.00 bits per heavy atom. The maximum atomic E-state index is 13.3. The van der Waals surface area contributed by atoms with Crippen molar-refractivity contribution in [2.75, 3.05) is 18.6 Å². The van der Waals surface area contributed by atoms with Crippen molar-refractivity contribution in [3.63, 3.8) is 0 Å². The number of rotatable bonds is 4. The first-order valence-electron chi connectivity index (χ1n) is 7.19. The lowest BCUT2D eigenvalue weighted by Gasteiger charge is -2.23. The normalized spacial score (nSPS) is 20.8. The van der Waals surface area contributed by atoms with Gasteiger partial charge in [-0.3, -0.25) is 9.47 Å². The Labute approximate surface area is 138 Å². The second-order valence-electron chi connectivity index (χ2n) is 5.80. The highest BCUT2D eigenvalue weighted by molar-refractivity contribution is 7.91. The van der Waals surface area contributed by atoms with Crippen molar-refractivity contribution < 1.29 is 17.2 Å². The van der Waals surface area contributed by atoms with Crippen LogP contribution in [0.5, 0.6) is 0 Å². The number of nitrogens with zero attached hydrogens (tertiary/aromatic N) is 3. The van der Waals surface area contributed by atoms with Crippen molar-refractivity contribution in [2.24, 2.45) is 0 Å². The fraction of sp³-hybridized carbons (Fsp3) is 0.500. The number of fused-ring (bicyclic) bond motifs is 1. The van der Waals surface area contributed by atoms with Crippen LogP contribution >= 0.6 is 12.2 Å². The van der Waals surface area contributed by atoms with Gasteiger partial charge in [-0.05, 0) is 37.8 Å². The maximum absolute atomic E-state index is 13.3.